The van der Waals surface area contributed by atoms with Crippen LogP contribution in [0.2, 0.25) is 0 Å². The molecule has 7 rings (SSSR count). The molecule has 1 amide bonds. The van der Waals surface area contributed by atoms with Crippen molar-refractivity contribution in [1.29, 1.82) is 0 Å². The van der Waals surface area contributed by atoms with E-state index in [9.17, 15) is 14.4 Å². The third-order valence-corrected chi connectivity index (χ3v) is 9.38. The number of pyridine rings is 3. The van der Waals surface area contributed by atoms with Crippen molar-refractivity contribution in [3.05, 3.63) is 88.5 Å². The topological polar surface area (TPSA) is 116 Å². The molecule has 234 valence electrons. The van der Waals surface area contributed by atoms with Crippen molar-refractivity contribution in [2.75, 3.05) is 20.2 Å². The van der Waals surface area contributed by atoms with Crippen LogP contribution in [0.1, 0.15) is 54.4 Å². The van der Waals surface area contributed by atoms with E-state index in [1.54, 1.807) is 36.9 Å². The summed E-state index contributed by atoms with van der Waals surface area (Å²) in [7, 11) is 1.61. The monoisotopic (exact) mass is 609 g/mol. The van der Waals surface area contributed by atoms with E-state index in [1.165, 1.54) is 6.20 Å². The number of nitrogens with one attached hydrogen (secondary N) is 1. The van der Waals surface area contributed by atoms with E-state index in [1.807, 2.05) is 44.2 Å². The van der Waals surface area contributed by atoms with E-state index in [2.05, 4.69) is 26.8 Å². The van der Waals surface area contributed by atoms with E-state index in [0.717, 1.165) is 48.1 Å². The van der Waals surface area contributed by atoms with Crippen molar-refractivity contribution in [1.82, 2.24) is 24.8 Å². The molecule has 3 aromatic heterocycles. The molecular formula is C35H39N5O5. The number of benzene rings is 1. The van der Waals surface area contributed by atoms with Crippen molar-refractivity contribution in [3.8, 4) is 5.75 Å². The molecule has 1 unspecified atom stereocenters. The van der Waals surface area contributed by atoms with Gasteiger partial charge in [0.25, 0.3) is 5.91 Å². The van der Waals surface area contributed by atoms with Gasteiger partial charge < -0.3 is 19.4 Å². The van der Waals surface area contributed by atoms with Gasteiger partial charge in [-0.3, -0.25) is 19.5 Å². The summed E-state index contributed by atoms with van der Waals surface area (Å²) in [6.45, 7) is 11.7. The summed E-state index contributed by atoms with van der Waals surface area (Å²) in [5, 5.41) is 3.92. The minimum Gasteiger partial charge on any atom is -0.497 e. The number of esters is 1. The van der Waals surface area contributed by atoms with Gasteiger partial charge in [0, 0.05) is 42.1 Å². The molecule has 3 aliphatic rings. The third-order valence-electron chi connectivity index (χ3n) is 9.38. The summed E-state index contributed by atoms with van der Waals surface area (Å²) in [6, 6.07) is 9.92. The van der Waals surface area contributed by atoms with Crippen LogP contribution < -0.4 is 15.5 Å². The Labute approximate surface area is 262 Å². The largest absolute Gasteiger partial charge is 0.497 e. The van der Waals surface area contributed by atoms with Crippen LogP contribution in [0.5, 0.6) is 5.75 Å². The van der Waals surface area contributed by atoms with Crippen LogP contribution in [0.15, 0.2) is 66.2 Å². The zero-order valence-electron chi connectivity index (χ0n) is 26.2. The molecule has 0 aliphatic carbocycles. The van der Waals surface area contributed by atoms with Gasteiger partial charge in [0.15, 0.2) is 0 Å². The Morgan fingerprint density at radius 2 is 2.02 bits per heavy atom. The SMILES string of the molecule is C=C[C@H]1CN2CC[C@H]1C[C@H]2[C@H](OC(=O)[C@H](C)NC(=O)c1cn(CC)c2nc(C)ccc2c1=O)c1ccnc2ccc(OC)cc12. The Morgan fingerprint density at radius 1 is 1.20 bits per heavy atom. The number of nitrogens with zero attached hydrogens (tertiary/aromatic N) is 4. The van der Waals surface area contributed by atoms with Gasteiger partial charge in [-0.15, -0.1) is 6.58 Å². The number of ether oxygens (including phenoxy) is 2. The maximum Gasteiger partial charge on any atom is 0.329 e. The molecule has 4 aromatic rings. The van der Waals surface area contributed by atoms with E-state index >= 15 is 0 Å². The fourth-order valence-electron chi connectivity index (χ4n) is 6.89. The molecule has 0 spiro atoms. The number of aryl methyl sites for hydroxylation is 2. The van der Waals surface area contributed by atoms with E-state index in [4.69, 9.17) is 9.47 Å². The van der Waals surface area contributed by atoms with Crippen LogP contribution in [0.3, 0.4) is 0 Å². The lowest BCUT2D eigenvalue weighted by Gasteiger charge is -2.51. The van der Waals surface area contributed by atoms with Crippen LogP contribution in [0.4, 0.5) is 0 Å². The lowest BCUT2D eigenvalue weighted by atomic mass is 9.73. The quantitative estimate of drug-likeness (QED) is 0.217. The number of hydrogen-bond donors (Lipinski definition) is 1. The molecule has 6 heterocycles. The summed E-state index contributed by atoms with van der Waals surface area (Å²) in [5.74, 6) is 0.299. The summed E-state index contributed by atoms with van der Waals surface area (Å²) < 4.78 is 13.6. The van der Waals surface area contributed by atoms with Gasteiger partial charge in [-0.2, -0.15) is 0 Å². The molecule has 45 heavy (non-hydrogen) atoms. The van der Waals surface area contributed by atoms with Gasteiger partial charge in [-0.1, -0.05) is 6.08 Å². The lowest BCUT2D eigenvalue weighted by molar-refractivity contribution is -0.159. The van der Waals surface area contributed by atoms with Crippen LogP contribution in [-0.2, 0) is 16.1 Å². The molecule has 1 aromatic carbocycles. The zero-order chi connectivity index (χ0) is 31.8. The van der Waals surface area contributed by atoms with E-state index in [-0.39, 0.29) is 11.6 Å². The standard InChI is InChI=1S/C35H39N5O5/c1-6-22-18-40-15-13-23(22)16-30(40)32(25-12-14-36-29-11-9-24(44-5)17-27(25)29)45-35(43)21(4)38-34(42)28-19-39(7-2)33-26(31(28)41)10-8-20(3)37-33/h6,8-12,14,17,19,21-23,30,32H,1,7,13,15-16,18H2,2-5H3,(H,38,42)/t21-,22-,23-,30-,32+/m0/s1. The van der Waals surface area contributed by atoms with Crippen molar-refractivity contribution in [2.45, 2.75) is 58.3 Å². The van der Waals surface area contributed by atoms with Crippen molar-refractivity contribution in [3.63, 3.8) is 0 Å². The number of amides is 1. The summed E-state index contributed by atoms with van der Waals surface area (Å²) >= 11 is 0. The van der Waals surface area contributed by atoms with Crippen molar-refractivity contribution < 1.29 is 19.1 Å². The van der Waals surface area contributed by atoms with Gasteiger partial charge in [-0.05, 0) is 88.4 Å². The molecule has 0 saturated carbocycles. The molecule has 2 bridgehead atoms. The smallest absolute Gasteiger partial charge is 0.329 e. The second-order valence-electron chi connectivity index (χ2n) is 12.1. The minimum atomic E-state index is -1.01. The Bertz CT molecular complexity index is 1850. The van der Waals surface area contributed by atoms with Crippen LogP contribution in [-0.4, -0.2) is 63.6 Å². The first-order valence-corrected chi connectivity index (χ1v) is 15.5. The second-order valence-corrected chi connectivity index (χ2v) is 12.1. The fourth-order valence-corrected chi connectivity index (χ4v) is 6.89. The Hall–Kier alpha value is -4.57. The molecule has 3 fully saturated rings. The maximum absolute atomic E-state index is 13.8. The van der Waals surface area contributed by atoms with E-state index < -0.39 is 29.5 Å². The first kappa shape index (κ1) is 30.5. The molecule has 10 nitrogen and oxygen atoms in total. The van der Waals surface area contributed by atoms with Crippen LogP contribution >= 0.6 is 0 Å². The molecular weight excluding hydrogens is 570 g/mol. The first-order valence-electron chi connectivity index (χ1n) is 15.5. The highest BCUT2D eigenvalue weighted by atomic mass is 16.5. The summed E-state index contributed by atoms with van der Waals surface area (Å²) in [4.78, 5) is 52.0. The number of aromatic nitrogens is 3. The highest BCUT2D eigenvalue weighted by molar-refractivity contribution is 5.99. The van der Waals surface area contributed by atoms with Gasteiger partial charge in [0.05, 0.1) is 24.1 Å². The average Bonchev–Trinajstić information content (AvgIpc) is 3.06. The van der Waals surface area contributed by atoms with Crippen LogP contribution in [0, 0.1) is 18.8 Å². The molecule has 6 atom stereocenters. The van der Waals surface area contributed by atoms with E-state index in [0.29, 0.717) is 35.2 Å². The predicted octanol–water partition coefficient (Wildman–Crippen LogP) is 4.58. The number of carbonyl (C=O) groups is 2. The normalized spacial score (nSPS) is 22.1. The Morgan fingerprint density at radius 3 is 2.73 bits per heavy atom. The number of methoxy groups -OCH3 is 1. The molecule has 0 radical (unpaired) electrons. The molecule has 3 aliphatic heterocycles. The third kappa shape index (κ3) is 5.70. The van der Waals surface area contributed by atoms with Crippen LogP contribution in [0.25, 0.3) is 21.9 Å². The van der Waals surface area contributed by atoms with Gasteiger partial charge >= 0.3 is 5.97 Å². The van der Waals surface area contributed by atoms with Gasteiger partial charge in [-0.25, -0.2) is 9.78 Å². The number of hydrogen-bond acceptors (Lipinski definition) is 8. The number of fused-ring (bicyclic) bond motifs is 5. The zero-order valence-corrected chi connectivity index (χ0v) is 26.2. The Balaban J connectivity index is 1.30. The second kappa shape index (κ2) is 12.4. The fraction of sp³-hybridized carbons (Fsp3) is 0.400. The Kier molecular flexibility index (Phi) is 8.42. The molecule has 1 N–H and O–H groups in total. The maximum atomic E-state index is 13.8. The lowest BCUT2D eigenvalue weighted by Crippen LogP contribution is -2.55. The molecule has 3 saturated heterocycles. The summed E-state index contributed by atoms with van der Waals surface area (Å²) in [5.41, 5.74) is 2.41. The highest BCUT2D eigenvalue weighted by Crippen LogP contribution is 2.43. The molecule has 10 heteroatoms. The number of piperidine rings is 3. The number of carbonyl (C=O) groups excluding carboxylic acids is 2. The van der Waals surface area contributed by atoms with Crippen molar-refractivity contribution >= 4 is 33.8 Å². The summed E-state index contributed by atoms with van der Waals surface area (Å²) in [6.07, 6.45) is 6.58. The van der Waals surface area contributed by atoms with Crippen molar-refractivity contribution in [2.24, 2.45) is 11.8 Å². The number of rotatable bonds is 9. The van der Waals surface area contributed by atoms with Gasteiger partial charge in [0.1, 0.15) is 29.1 Å². The highest BCUT2D eigenvalue weighted by Gasteiger charge is 2.44. The van der Waals surface area contributed by atoms with Gasteiger partial charge in [0.2, 0.25) is 5.43 Å². The predicted molar refractivity (Wildman–Crippen MR) is 172 cm³/mol. The average molecular weight is 610 g/mol. The minimum absolute atomic E-state index is 0.0513. The first-order chi connectivity index (χ1) is 21.7.